The fourth-order valence-corrected chi connectivity index (χ4v) is 2.18. The van der Waals surface area contributed by atoms with Crippen molar-refractivity contribution in [2.45, 2.75) is 19.4 Å². The van der Waals surface area contributed by atoms with E-state index in [1.165, 1.54) is 18.0 Å². The van der Waals surface area contributed by atoms with Crippen LogP contribution in [0.25, 0.3) is 0 Å². The normalized spacial score (nSPS) is 13.7. The van der Waals surface area contributed by atoms with Crippen LogP contribution in [0.2, 0.25) is 0 Å². The van der Waals surface area contributed by atoms with E-state index in [-0.39, 0.29) is 5.56 Å². The SMILES string of the molecule is O=C(O)c1cnn(Cc2ccc3c(n2)NCCC3)c1. The maximum absolute atomic E-state index is 10.8. The number of rotatable bonds is 3. The summed E-state index contributed by atoms with van der Waals surface area (Å²) in [6, 6.07) is 4.04. The van der Waals surface area contributed by atoms with Crippen LogP contribution < -0.4 is 5.32 Å². The van der Waals surface area contributed by atoms with Crippen molar-refractivity contribution in [1.82, 2.24) is 14.8 Å². The van der Waals surface area contributed by atoms with E-state index in [9.17, 15) is 4.79 Å². The number of aromatic carboxylic acids is 1. The summed E-state index contributed by atoms with van der Waals surface area (Å²) in [5.74, 6) is -0.0271. The Morgan fingerprint density at radius 1 is 1.47 bits per heavy atom. The van der Waals surface area contributed by atoms with Gasteiger partial charge in [-0.3, -0.25) is 4.68 Å². The Morgan fingerprint density at radius 2 is 2.37 bits per heavy atom. The molecule has 0 amide bonds. The summed E-state index contributed by atoms with van der Waals surface area (Å²) in [4.78, 5) is 15.3. The number of pyridine rings is 1. The number of nitrogens with zero attached hydrogens (tertiary/aromatic N) is 3. The maximum atomic E-state index is 10.8. The molecule has 0 fully saturated rings. The van der Waals surface area contributed by atoms with Crippen molar-refractivity contribution in [2.75, 3.05) is 11.9 Å². The number of carboxylic acids is 1. The molecule has 2 aromatic rings. The van der Waals surface area contributed by atoms with Gasteiger partial charge in [0.15, 0.2) is 0 Å². The molecular formula is C13H14N4O2. The highest BCUT2D eigenvalue weighted by Crippen LogP contribution is 2.19. The number of aryl methyl sites for hydroxylation is 1. The van der Waals surface area contributed by atoms with Crippen molar-refractivity contribution in [3.05, 3.63) is 41.3 Å². The minimum Gasteiger partial charge on any atom is -0.478 e. The third kappa shape index (κ3) is 2.42. The van der Waals surface area contributed by atoms with Crippen LogP contribution in [0.3, 0.4) is 0 Å². The molecule has 0 saturated carbocycles. The van der Waals surface area contributed by atoms with Crippen molar-refractivity contribution >= 4 is 11.8 Å². The third-order valence-corrected chi connectivity index (χ3v) is 3.16. The Bertz CT molecular complexity index is 621. The van der Waals surface area contributed by atoms with E-state index in [4.69, 9.17) is 5.11 Å². The van der Waals surface area contributed by atoms with Crippen molar-refractivity contribution in [3.8, 4) is 0 Å². The molecule has 0 spiro atoms. The number of fused-ring (bicyclic) bond motifs is 1. The van der Waals surface area contributed by atoms with Crippen LogP contribution in [0.5, 0.6) is 0 Å². The van der Waals surface area contributed by atoms with Gasteiger partial charge in [-0.15, -0.1) is 0 Å². The molecule has 19 heavy (non-hydrogen) atoms. The lowest BCUT2D eigenvalue weighted by atomic mass is 10.1. The van der Waals surface area contributed by atoms with E-state index in [2.05, 4.69) is 21.5 Å². The van der Waals surface area contributed by atoms with Crippen LogP contribution in [0.1, 0.15) is 28.0 Å². The summed E-state index contributed by atoms with van der Waals surface area (Å²) in [6.45, 7) is 1.43. The Hall–Kier alpha value is -2.37. The van der Waals surface area contributed by atoms with E-state index < -0.39 is 5.97 Å². The second kappa shape index (κ2) is 4.72. The van der Waals surface area contributed by atoms with Gasteiger partial charge in [-0.1, -0.05) is 6.07 Å². The number of hydrogen-bond donors (Lipinski definition) is 2. The van der Waals surface area contributed by atoms with Gasteiger partial charge in [0.05, 0.1) is 24.0 Å². The molecule has 2 aromatic heterocycles. The highest BCUT2D eigenvalue weighted by atomic mass is 16.4. The first-order valence-corrected chi connectivity index (χ1v) is 6.21. The summed E-state index contributed by atoms with van der Waals surface area (Å²) in [5, 5.41) is 16.1. The van der Waals surface area contributed by atoms with E-state index in [0.29, 0.717) is 6.54 Å². The summed E-state index contributed by atoms with van der Waals surface area (Å²) >= 11 is 0. The largest absolute Gasteiger partial charge is 0.478 e. The Labute approximate surface area is 110 Å². The van der Waals surface area contributed by atoms with Crippen LogP contribution in [-0.4, -0.2) is 32.4 Å². The second-order valence-corrected chi connectivity index (χ2v) is 4.57. The summed E-state index contributed by atoms with van der Waals surface area (Å²) < 4.78 is 1.58. The van der Waals surface area contributed by atoms with Crippen molar-refractivity contribution in [3.63, 3.8) is 0 Å². The standard InChI is InChI=1S/C13H14N4O2/c18-13(19)10-6-15-17(7-10)8-11-4-3-9-2-1-5-14-12(9)16-11/h3-4,6-7H,1-2,5,8H2,(H,14,16)(H,18,19). The lowest BCUT2D eigenvalue weighted by Crippen LogP contribution is -2.14. The Kier molecular flexibility index (Phi) is 2.91. The van der Waals surface area contributed by atoms with Crippen molar-refractivity contribution < 1.29 is 9.90 Å². The molecule has 0 radical (unpaired) electrons. The van der Waals surface area contributed by atoms with Crippen LogP contribution in [-0.2, 0) is 13.0 Å². The Balaban J connectivity index is 1.80. The van der Waals surface area contributed by atoms with Crippen LogP contribution in [0.15, 0.2) is 24.5 Å². The van der Waals surface area contributed by atoms with Crippen LogP contribution >= 0.6 is 0 Å². The van der Waals surface area contributed by atoms with Crippen molar-refractivity contribution in [1.29, 1.82) is 0 Å². The molecule has 3 rings (SSSR count). The highest BCUT2D eigenvalue weighted by molar-refractivity contribution is 5.86. The summed E-state index contributed by atoms with van der Waals surface area (Å²) in [6.07, 6.45) is 5.05. The van der Waals surface area contributed by atoms with E-state index in [1.807, 2.05) is 6.07 Å². The predicted octanol–water partition coefficient (Wildman–Crippen LogP) is 1.38. The van der Waals surface area contributed by atoms with Gasteiger partial charge in [0.1, 0.15) is 5.82 Å². The lowest BCUT2D eigenvalue weighted by molar-refractivity contribution is 0.0697. The van der Waals surface area contributed by atoms with E-state index >= 15 is 0 Å². The van der Waals surface area contributed by atoms with Gasteiger partial charge >= 0.3 is 5.97 Å². The molecule has 2 N–H and O–H groups in total. The molecule has 6 nitrogen and oxygen atoms in total. The smallest absolute Gasteiger partial charge is 0.338 e. The first-order chi connectivity index (χ1) is 9.22. The maximum Gasteiger partial charge on any atom is 0.338 e. The fourth-order valence-electron chi connectivity index (χ4n) is 2.18. The van der Waals surface area contributed by atoms with Crippen LogP contribution in [0, 0.1) is 0 Å². The molecule has 0 aromatic carbocycles. The van der Waals surface area contributed by atoms with Gasteiger partial charge in [0.25, 0.3) is 0 Å². The fraction of sp³-hybridized carbons (Fsp3) is 0.308. The zero-order valence-electron chi connectivity index (χ0n) is 10.3. The first-order valence-electron chi connectivity index (χ1n) is 6.21. The average molecular weight is 258 g/mol. The predicted molar refractivity (Wildman–Crippen MR) is 69.3 cm³/mol. The zero-order valence-corrected chi connectivity index (χ0v) is 10.3. The molecule has 0 aliphatic carbocycles. The molecule has 0 bridgehead atoms. The van der Waals surface area contributed by atoms with E-state index in [0.717, 1.165) is 30.9 Å². The van der Waals surface area contributed by atoms with Gasteiger partial charge in [-0.05, 0) is 24.5 Å². The molecular weight excluding hydrogens is 244 g/mol. The minimum absolute atomic E-state index is 0.191. The number of hydrogen-bond acceptors (Lipinski definition) is 4. The third-order valence-electron chi connectivity index (χ3n) is 3.16. The van der Waals surface area contributed by atoms with Gasteiger partial charge in [0, 0.05) is 12.7 Å². The van der Waals surface area contributed by atoms with Gasteiger partial charge in [0.2, 0.25) is 0 Å². The summed E-state index contributed by atoms with van der Waals surface area (Å²) in [5.41, 5.74) is 2.30. The quantitative estimate of drug-likeness (QED) is 0.869. The molecule has 6 heteroatoms. The van der Waals surface area contributed by atoms with Gasteiger partial charge in [-0.25, -0.2) is 9.78 Å². The summed E-state index contributed by atoms with van der Waals surface area (Å²) in [7, 11) is 0. The van der Waals surface area contributed by atoms with Gasteiger partial charge < -0.3 is 10.4 Å². The lowest BCUT2D eigenvalue weighted by Gasteiger charge is -2.17. The Morgan fingerprint density at radius 3 is 3.16 bits per heavy atom. The van der Waals surface area contributed by atoms with Crippen molar-refractivity contribution in [2.24, 2.45) is 0 Å². The topological polar surface area (TPSA) is 80.0 Å². The number of nitrogens with one attached hydrogen (secondary N) is 1. The first kappa shape index (κ1) is 11.7. The molecule has 1 aliphatic rings. The van der Waals surface area contributed by atoms with Gasteiger partial charge in [-0.2, -0.15) is 5.10 Å². The highest BCUT2D eigenvalue weighted by Gasteiger charge is 2.11. The van der Waals surface area contributed by atoms with E-state index in [1.54, 1.807) is 4.68 Å². The number of carbonyl (C=O) groups is 1. The molecule has 98 valence electrons. The minimum atomic E-state index is -0.966. The number of anilines is 1. The van der Waals surface area contributed by atoms with Crippen LogP contribution in [0.4, 0.5) is 5.82 Å². The second-order valence-electron chi connectivity index (χ2n) is 4.57. The molecule has 0 atom stereocenters. The molecule has 1 aliphatic heterocycles. The molecule has 3 heterocycles. The average Bonchev–Trinajstić information content (AvgIpc) is 2.87. The molecule has 0 saturated heterocycles. The monoisotopic (exact) mass is 258 g/mol. The number of aromatic nitrogens is 3. The zero-order chi connectivity index (χ0) is 13.2. The molecule has 0 unspecified atom stereocenters. The number of carboxylic acid groups (broad SMARTS) is 1.